The van der Waals surface area contributed by atoms with Crippen LogP contribution in [0.4, 0.5) is 0 Å². The van der Waals surface area contributed by atoms with Crippen molar-refractivity contribution in [3.63, 3.8) is 0 Å². The van der Waals surface area contributed by atoms with Gasteiger partial charge in [-0.25, -0.2) is 9.97 Å². The van der Waals surface area contributed by atoms with Crippen molar-refractivity contribution < 1.29 is 14.3 Å². The molecule has 2 N–H and O–H groups in total. The van der Waals surface area contributed by atoms with Crippen molar-refractivity contribution in [2.75, 3.05) is 7.11 Å². The van der Waals surface area contributed by atoms with Gasteiger partial charge in [-0.2, -0.15) is 0 Å². The van der Waals surface area contributed by atoms with Crippen LogP contribution in [0.1, 0.15) is 55.4 Å². The van der Waals surface area contributed by atoms with E-state index in [0.29, 0.717) is 17.7 Å². The summed E-state index contributed by atoms with van der Waals surface area (Å²) in [6, 6.07) is 14.6. The van der Waals surface area contributed by atoms with Crippen molar-refractivity contribution in [2.45, 2.75) is 44.4 Å². The monoisotopic (exact) mass is 430 g/mol. The number of amides is 2. The lowest BCUT2D eigenvalue weighted by Crippen LogP contribution is -2.55. The number of carbonyl (C=O) groups is 2. The summed E-state index contributed by atoms with van der Waals surface area (Å²) >= 11 is 0. The van der Waals surface area contributed by atoms with Gasteiger partial charge in [0.05, 0.1) is 35.1 Å². The maximum absolute atomic E-state index is 13.7. The average Bonchev–Trinajstić information content (AvgIpc) is 3.10. The second-order valence-corrected chi connectivity index (χ2v) is 9.38. The first-order valence-electron chi connectivity index (χ1n) is 10.8. The minimum Gasteiger partial charge on any atom is -0.496 e. The van der Waals surface area contributed by atoms with Gasteiger partial charge in [0.2, 0.25) is 0 Å². The third kappa shape index (κ3) is 2.42. The van der Waals surface area contributed by atoms with Crippen molar-refractivity contribution in [1.29, 1.82) is 0 Å². The van der Waals surface area contributed by atoms with Gasteiger partial charge < -0.3 is 4.74 Å². The fourth-order valence-corrected chi connectivity index (χ4v) is 5.67. The zero-order valence-electron chi connectivity index (χ0n) is 18.7. The smallest absolute Gasteiger partial charge is 0.273 e. The molecule has 1 heterocycles. The molecule has 1 saturated carbocycles. The van der Waals surface area contributed by atoms with Gasteiger partial charge in [-0.1, -0.05) is 45.0 Å². The summed E-state index contributed by atoms with van der Waals surface area (Å²) in [5, 5.41) is 0. The molecule has 7 nitrogen and oxygen atoms in total. The van der Waals surface area contributed by atoms with Crippen molar-refractivity contribution in [3.05, 3.63) is 65.5 Å². The van der Waals surface area contributed by atoms with E-state index in [1.165, 1.54) is 7.11 Å². The van der Waals surface area contributed by atoms with Gasteiger partial charge >= 0.3 is 0 Å². The number of hydrazine groups is 1. The minimum atomic E-state index is -0.887. The fourth-order valence-electron chi connectivity index (χ4n) is 5.67. The van der Waals surface area contributed by atoms with Crippen LogP contribution in [-0.2, 0) is 15.6 Å². The van der Waals surface area contributed by atoms with Crippen molar-refractivity contribution in [1.82, 2.24) is 20.8 Å². The average molecular weight is 431 g/mol. The highest BCUT2D eigenvalue weighted by atomic mass is 16.5. The number of carbonyl (C=O) groups excluding carboxylic acids is 2. The van der Waals surface area contributed by atoms with Crippen LogP contribution < -0.4 is 15.6 Å². The molecule has 1 fully saturated rings. The SMILES string of the molecule is COc1ccccc1C(=O)NNC(=O)C12CCC(C)(c3nc4ccccc4nc31)C2(C)C. The molecule has 2 atom stereocenters. The number of fused-ring (bicyclic) bond motifs is 6. The number of aromatic nitrogens is 2. The first-order chi connectivity index (χ1) is 15.3. The lowest BCUT2D eigenvalue weighted by atomic mass is 9.63. The summed E-state index contributed by atoms with van der Waals surface area (Å²) in [5.74, 6) is -0.263. The number of nitrogens with zero attached hydrogens (tertiary/aromatic N) is 2. The van der Waals surface area contributed by atoms with Gasteiger partial charge in [0.25, 0.3) is 11.8 Å². The van der Waals surface area contributed by atoms with E-state index in [1.54, 1.807) is 24.3 Å². The van der Waals surface area contributed by atoms with E-state index in [9.17, 15) is 9.59 Å². The van der Waals surface area contributed by atoms with Crippen LogP contribution in [0.15, 0.2) is 48.5 Å². The molecule has 2 aliphatic carbocycles. The Hall–Kier alpha value is -3.48. The molecule has 0 spiro atoms. The zero-order chi connectivity index (χ0) is 22.7. The molecule has 2 unspecified atom stereocenters. The van der Waals surface area contributed by atoms with E-state index < -0.39 is 16.7 Å². The van der Waals surface area contributed by atoms with Gasteiger partial charge in [-0.15, -0.1) is 0 Å². The van der Waals surface area contributed by atoms with E-state index in [0.717, 1.165) is 28.8 Å². The maximum atomic E-state index is 13.7. The van der Waals surface area contributed by atoms with Crippen LogP contribution in [0, 0.1) is 5.41 Å². The molecular formula is C25H26N4O3. The third-order valence-electron chi connectivity index (χ3n) is 7.97. The molecule has 2 bridgehead atoms. The number of rotatable bonds is 3. The highest BCUT2D eigenvalue weighted by Crippen LogP contribution is 2.70. The van der Waals surface area contributed by atoms with Crippen LogP contribution in [0.2, 0.25) is 0 Å². The number of hydrogen-bond donors (Lipinski definition) is 2. The summed E-state index contributed by atoms with van der Waals surface area (Å²) in [5.41, 5.74) is 7.22. The number of ether oxygens (including phenoxy) is 1. The van der Waals surface area contributed by atoms with Crippen molar-refractivity contribution >= 4 is 22.8 Å². The lowest BCUT2D eigenvalue weighted by molar-refractivity contribution is -0.131. The molecule has 2 amide bonds. The Kier molecular flexibility index (Phi) is 4.31. The van der Waals surface area contributed by atoms with Crippen LogP contribution in [-0.4, -0.2) is 28.9 Å². The summed E-state index contributed by atoms with van der Waals surface area (Å²) in [7, 11) is 1.50. The highest BCUT2D eigenvalue weighted by molar-refractivity contribution is 5.99. The Balaban J connectivity index is 1.52. The Morgan fingerprint density at radius 2 is 1.50 bits per heavy atom. The lowest BCUT2D eigenvalue weighted by Gasteiger charge is -2.39. The largest absolute Gasteiger partial charge is 0.496 e. The zero-order valence-corrected chi connectivity index (χ0v) is 18.7. The van der Waals surface area contributed by atoms with Crippen LogP contribution in [0.3, 0.4) is 0 Å². The van der Waals surface area contributed by atoms with Crippen molar-refractivity contribution in [2.24, 2.45) is 5.41 Å². The van der Waals surface area contributed by atoms with Gasteiger partial charge in [0.15, 0.2) is 0 Å². The number of nitrogens with one attached hydrogen (secondary N) is 2. The summed E-state index contributed by atoms with van der Waals surface area (Å²) in [6.45, 7) is 6.38. The van der Waals surface area contributed by atoms with Gasteiger partial charge in [0.1, 0.15) is 11.2 Å². The molecule has 0 saturated heterocycles. The summed E-state index contributed by atoms with van der Waals surface area (Å²) in [4.78, 5) is 36.4. The molecule has 5 rings (SSSR count). The van der Waals surface area contributed by atoms with E-state index in [2.05, 4.69) is 31.6 Å². The molecule has 32 heavy (non-hydrogen) atoms. The fraction of sp³-hybridized carbons (Fsp3) is 0.360. The van der Waals surface area contributed by atoms with Crippen LogP contribution >= 0.6 is 0 Å². The van der Waals surface area contributed by atoms with E-state index >= 15 is 0 Å². The van der Waals surface area contributed by atoms with Gasteiger partial charge in [0, 0.05) is 5.41 Å². The molecule has 3 aromatic rings. The summed E-state index contributed by atoms with van der Waals surface area (Å²) < 4.78 is 5.26. The predicted molar refractivity (Wildman–Crippen MR) is 120 cm³/mol. The second kappa shape index (κ2) is 6.76. The predicted octanol–water partition coefficient (Wildman–Crippen LogP) is 3.43. The molecule has 7 heteroatoms. The first kappa shape index (κ1) is 20.4. The number of benzene rings is 2. The van der Waals surface area contributed by atoms with E-state index in [-0.39, 0.29) is 11.3 Å². The van der Waals surface area contributed by atoms with Crippen LogP contribution in [0.5, 0.6) is 5.75 Å². The molecule has 0 radical (unpaired) electrons. The number of para-hydroxylation sites is 3. The second-order valence-electron chi connectivity index (χ2n) is 9.38. The summed E-state index contributed by atoms with van der Waals surface area (Å²) in [6.07, 6.45) is 1.47. The Morgan fingerprint density at radius 1 is 0.875 bits per heavy atom. The quantitative estimate of drug-likeness (QED) is 0.621. The minimum absolute atomic E-state index is 0.266. The van der Waals surface area contributed by atoms with Gasteiger partial charge in [-0.3, -0.25) is 20.4 Å². The highest BCUT2D eigenvalue weighted by Gasteiger charge is 2.73. The van der Waals surface area contributed by atoms with E-state index in [1.807, 2.05) is 24.3 Å². The molecule has 1 aromatic heterocycles. The standard InChI is InChI=1S/C25H26N4O3/c1-23(2)24(3)13-14-25(23,20-19(24)26-16-10-6-7-11-17(16)27-20)22(31)29-28-21(30)15-9-5-8-12-18(15)32-4/h5-12H,13-14H2,1-4H3,(H,28,30)(H,29,31). The first-order valence-corrected chi connectivity index (χ1v) is 10.8. The molecular weight excluding hydrogens is 404 g/mol. The van der Waals surface area contributed by atoms with Gasteiger partial charge in [-0.05, 0) is 42.5 Å². The number of hydrogen-bond acceptors (Lipinski definition) is 5. The normalized spacial score (nSPS) is 24.8. The third-order valence-corrected chi connectivity index (χ3v) is 7.97. The Bertz CT molecular complexity index is 1270. The Morgan fingerprint density at radius 3 is 2.19 bits per heavy atom. The van der Waals surface area contributed by atoms with Crippen molar-refractivity contribution in [3.8, 4) is 5.75 Å². The molecule has 2 aliphatic rings. The molecule has 2 aromatic carbocycles. The Labute approximate surface area is 186 Å². The van der Waals surface area contributed by atoms with E-state index in [4.69, 9.17) is 14.7 Å². The topological polar surface area (TPSA) is 93.2 Å². The molecule has 0 aliphatic heterocycles. The number of methoxy groups -OCH3 is 1. The van der Waals surface area contributed by atoms with Crippen LogP contribution in [0.25, 0.3) is 11.0 Å². The maximum Gasteiger partial charge on any atom is 0.273 e. The molecule has 164 valence electrons.